The molecule has 0 aliphatic heterocycles. The average molecular weight is 354 g/mol. The summed E-state index contributed by atoms with van der Waals surface area (Å²) in [7, 11) is 0. The minimum absolute atomic E-state index is 0.167. The highest BCUT2D eigenvalue weighted by molar-refractivity contribution is 9.10. The van der Waals surface area contributed by atoms with E-state index in [1.165, 1.54) is 18.2 Å². The molecule has 2 rings (SSSR count). The first-order valence-electron chi connectivity index (χ1n) is 5.11. The highest BCUT2D eigenvalue weighted by Crippen LogP contribution is 2.38. The first-order chi connectivity index (χ1) is 8.79. The molecule has 0 amide bonds. The Hall–Kier alpha value is -1.07. The maximum Gasteiger partial charge on any atom is 0.416 e. The van der Waals surface area contributed by atoms with Crippen LogP contribution >= 0.6 is 27.5 Å². The van der Waals surface area contributed by atoms with Gasteiger partial charge in [0.05, 0.1) is 5.56 Å². The summed E-state index contributed by atoms with van der Waals surface area (Å²) < 4.78 is 51.3. The van der Waals surface area contributed by atoms with E-state index in [0.717, 1.165) is 18.2 Å². The second kappa shape index (κ2) is 5.13. The van der Waals surface area contributed by atoms with Gasteiger partial charge >= 0.3 is 6.18 Å². The van der Waals surface area contributed by atoms with E-state index in [1.807, 2.05) is 0 Å². The van der Waals surface area contributed by atoms with Crippen LogP contribution in [0.5, 0.6) is 0 Å². The van der Waals surface area contributed by atoms with Crippen molar-refractivity contribution in [1.82, 2.24) is 0 Å². The molecule has 0 N–H and O–H groups in total. The predicted molar refractivity (Wildman–Crippen MR) is 69.5 cm³/mol. The van der Waals surface area contributed by atoms with Gasteiger partial charge in [-0.2, -0.15) is 13.2 Å². The number of rotatable bonds is 1. The van der Waals surface area contributed by atoms with E-state index in [1.54, 1.807) is 0 Å². The Morgan fingerprint density at radius 1 is 0.947 bits per heavy atom. The van der Waals surface area contributed by atoms with Crippen molar-refractivity contribution in [2.75, 3.05) is 0 Å². The van der Waals surface area contributed by atoms with Crippen LogP contribution in [-0.4, -0.2) is 0 Å². The second-order valence-corrected chi connectivity index (χ2v) is 5.08. The lowest BCUT2D eigenvalue weighted by atomic mass is 10.0. The molecular weight excluding hydrogens is 347 g/mol. The molecule has 0 heterocycles. The lowest BCUT2D eigenvalue weighted by molar-refractivity contribution is -0.137. The fourth-order valence-corrected chi connectivity index (χ4v) is 2.40. The van der Waals surface area contributed by atoms with E-state index >= 15 is 0 Å². The van der Waals surface area contributed by atoms with Crippen LogP contribution in [0.3, 0.4) is 0 Å². The van der Waals surface area contributed by atoms with E-state index in [0.29, 0.717) is 10.0 Å². The normalized spacial score (nSPS) is 11.7. The lowest BCUT2D eigenvalue weighted by Crippen LogP contribution is -2.04. The summed E-state index contributed by atoms with van der Waals surface area (Å²) >= 11 is 9.02. The molecule has 0 atom stereocenters. The van der Waals surface area contributed by atoms with Gasteiger partial charge in [0.2, 0.25) is 0 Å². The van der Waals surface area contributed by atoms with Gasteiger partial charge in [-0.25, -0.2) is 4.39 Å². The summed E-state index contributed by atoms with van der Waals surface area (Å²) in [6.07, 6.45) is -4.45. The van der Waals surface area contributed by atoms with E-state index in [-0.39, 0.29) is 10.6 Å². The van der Waals surface area contributed by atoms with Crippen LogP contribution in [0.25, 0.3) is 11.1 Å². The summed E-state index contributed by atoms with van der Waals surface area (Å²) in [5, 5.41) is 0.167. The fourth-order valence-electron chi connectivity index (χ4n) is 1.62. The van der Waals surface area contributed by atoms with Crippen molar-refractivity contribution in [1.29, 1.82) is 0 Å². The Kier molecular flexibility index (Phi) is 3.87. The minimum Gasteiger partial charge on any atom is -0.207 e. The third kappa shape index (κ3) is 3.09. The first-order valence-corrected chi connectivity index (χ1v) is 6.28. The third-order valence-corrected chi connectivity index (χ3v) is 3.50. The van der Waals surface area contributed by atoms with Gasteiger partial charge in [0.1, 0.15) is 5.82 Å². The number of hydrogen-bond donors (Lipinski definition) is 0. The largest absolute Gasteiger partial charge is 0.416 e. The molecule has 0 spiro atoms. The highest BCUT2D eigenvalue weighted by Gasteiger charge is 2.31. The third-order valence-electron chi connectivity index (χ3n) is 2.51. The Labute approximate surface area is 120 Å². The van der Waals surface area contributed by atoms with E-state index < -0.39 is 17.6 Å². The average Bonchev–Trinajstić information content (AvgIpc) is 2.29. The molecule has 0 aromatic heterocycles. The molecule has 0 saturated heterocycles. The number of hydrogen-bond acceptors (Lipinski definition) is 0. The zero-order valence-electron chi connectivity index (χ0n) is 9.23. The zero-order valence-corrected chi connectivity index (χ0v) is 11.6. The van der Waals surface area contributed by atoms with Gasteiger partial charge in [-0.1, -0.05) is 33.6 Å². The van der Waals surface area contributed by atoms with Gasteiger partial charge in [-0.05, 0) is 35.9 Å². The molecule has 2 aromatic rings. The Morgan fingerprint density at radius 2 is 1.63 bits per heavy atom. The van der Waals surface area contributed by atoms with Gasteiger partial charge in [0.25, 0.3) is 0 Å². The number of halogens is 6. The van der Waals surface area contributed by atoms with Crippen molar-refractivity contribution in [2.45, 2.75) is 6.18 Å². The first kappa shape index (κ1) is 14.3. The molecule has 0 saturated carbocycles. The fraction of sp³-hybridized carbons (Fsp3) is 0.0769. The van der Waals surface area contributed by atoms with Gasteiger partial charge in [0.15, 0.2) is 0 Å². The zero-order chi connectivity index (χ0) is 14.2. The summed E-state index contributed by atoms with van der Waals surface area (Å²) in [5.41, 5.74) is -0.205. The molecule has 0 nitrogen and oxygen atoms in total. The lowest BCUT2D eigenvalue weighted by Gasteiger charge is -2.12. The van der Waals surface area contributed by atoms with Crippen molar-refractivity contribution < 1.29 is 17.6 Å². The summed E-state index contributed by atoms with van der Waals surface area (Å²) in [4.78, 5) is 0. The maximum atomic E-state index is 13.0. The van der Waals surface area contributed by atoms with Crippen molar-refractivity contribution in [2.24, 2.45) is 0 Å². The molecule has 19 heavy (non-hydrogen) atoms. The Balaban J connectivity index is 2.61. The minimum atomic E-state index is -4.45. The van der Waals surface area contributed by atoms with Gasteiger partial charge in [0, 0.05) is 15.1 Å². The summed E-state index contributed by atoms with van der Waals surface area (Å²) in [5.74, 6) is -0.487. The number of alkyl halides is 3. The van der Waals surface area contributed by atoms with Gasteiger partial charge in [-0.15, -0.1) is 0 Å². The molecular formula is C13H6BrClF4. The van der Waals surface area contributed by atoms with Crippen LogP contribution in [0.1, 0.15) is 5.56 Å². The van der Waals surface area contributed by atoms with Crippen molar-refractivity contribution in [3.63, 3.8) is 0 Å². The van der Waals surface area contributed by atoms with Gasteiger partial charge in [-0.3, -0.25) is 0 Å². The van der Waals surface area contributed by atoms with Crippen molar-refractivity contribution in [3.05, 3.63) is 57.3 Å². The van der Waals surface area contributed by atoms with E-state index in [9.17, 15) is 17.6 Å². The number of benzene rings is 2. The molecule has 2 aromatic carbocycles. The van der Waals surface area contributed by atoms with Crippen molar-refractivity contribution in [3.8, 4) is 11.1 Å². The van der Waals surface area contributed by atoms with E-state index in [4.69, 9.17) is 11.6 Å². The van der Waals surface area contributed by atoms with Crippen LogP contribution in [0.4, 0.5) is 17.6 Å². The molecule has 100 valence electrons. The second-order valence-electron chi connectivity index (χ2n) is 3.82. The predicted octanol–water partition coefficient (Wildman–Crippen LogP) is 5.93. The smallest absolute Gasteiger partial charge is 0.207 e. The maximum absolute atomic E-state index is 13.0. The standard InChI is InChI=1S/C13H6BrClF4/c14-11-6-8(16)2-3-9(11)10-5-7(13(17,18)19)1-4-12(10)15/h1-6H. The monoisotopic (exact) mass is 352 g/mol. The van der Waals surface area contributed by atoms with E-state index in [2.05, 4.69) is 15.9 Å². The van der Waals surface area contributed by atoms with Crippen LogP contribution in [0.15, 0.2) is 40.9 Å². The van der Waals surface area contributed by atoms with Crippen molar-refractivity contribution >= 4 is 27.5 Å². The van der Waals surface area contributed by atoms with Gasteiger partial charge < -0.3 is 0 Å². The molecule has 0 fully saturated rings. The Bertz CT molecular complexity index is 623. The molecule has 0 aliphatic carbocycles. The molecule has 0 radical (unpaired) electrons. The van der Waals surface area contributed by atoms with Crippen LogP contribution in [-0.2, 0) is 6.18 Å². The quantitative estimate of drug-likeness (QED) is 0.558. The SMILES string of the molecule is Fc1ccc(-c2cc(C(F)(F)F)ccc2Cl)c(Br)c1. The topological polar surface area (TPSA) is 0 Å². The molecule has 0 aliphatic rings. The van der Waals surface area contributed by atoms with Crippen LogP contribution in [0, 0.1) is 5.82 Å². The molecule has 6 heteroatoms. The molecule has 0 unspecified atom stereocenters. The van der Waals surface area contributed by atoms with Crippen LogP contribution in [0.2, 0.25) is 5.02 Å². The highest BCUT2D eigenvalue weighted by atomic mass is 79.9. The molecule has 0 bridgehead atoms. The summed E-state index contributed by atoms with van der Waals surface area (Å²) in [6.45, 7) is 0. The summed E-state index contributed by atoms with van der Waals surface area (Å²) in [6, 6.07) is 6.74. The Morgan fingerprint density at radius 3 is 2.21 bits per heavy atom. The van der Waals surface area contributed by atoms with Crippen LogP contribution < -0.4 is 0 Å².